The third-order valence-corrected chi connectivity index (χ3v) is 2.19. The summed E-state index contributed by atoms with van der Waals surface area (Å²) in [5.74, 6) is -0.379. The summed E-state index contributed by atoms with van der Waals surface area (Å²) in [4.78, 5) is 11.1. The van der Waals surface area contributed by atoms with Crippen molar-refractivity contribution in [2.75, 3.05) is 13.6 Å². The van der Waals surface area contributed by atoms with Gasteiger partial charge in [0, 0.05) is 19.0 Å². The third kappa shape index (κ3) is 4.28. The van der Waals surface area contributed by atoms with Crippen molar-refractivity contribution in [2.45, 2.75) is 12.5 Å². The average molecular weight is 219 g/mol. The van der Waals surface area contributed by atoms with Gasteiger partial charge < -0.3 is 10.1 Å². The molecule has 0 saturated carbocycles. The zero-order chi connectivity index (χ0) is 11.8. The fourth-order valence-corrected chi connectivity index (χ4v) is 1.47. The van der Waals surface area contributed by atoms with E-state index < -0.39 is 0 Å². The minimum Gasteiger partial charge on any atom is -0.458 e. The Kier molecular flexibility index (Phi) is 5.29. The highest BCUT2D eigenvalue weighted by atomic mass is 16.5. The van der Waals surface area contributed by atoms with Crippen molar-refractivity contribution in [1.82, 2.24) is 5.32 Å². The van der Waals surface area contributed by atoms with Crippen molar-refractivity contribution in [3.05, 3.63) is 48.6 Å². The maximum Gasteiger partial charge on any atom is 0.330 e. The van der Waals surface area contributed by atoms with E-state index in [4.69, 9.17) is 4.74 Å². The highest BCUT2D eigenvalue weighted by Crippen LogP contribution is 2.06. The highest BCUT2D eigenvalue weighted by Gasteiger charge is 2.12. The van der Waals surface area contributed by atoms with Crippen LogP contribution < -0.4 is 5.32 Å². The molecule has 86 valence electrons. The molecule has 1 unspecified atom stereocenters. The molecule has 0 radical (unpaired) electrons. The van der Waals surface area contributed by atoms with E-state index in [1.165, 1.54) is 6.08 Å². The van der Waals surface area contributed by atoms with Crippen molar-refractivity contribution >= 4 is 5.97 Å². The fraction of sp³-hybridized carbons (Fsp3) is 0.308. The van der Waals surface area contributed by atoms with Gasteiger partial charge in [0.2, 0.25) is 0 Å². The summed E-state index contributed by atoms with van der Waals surface area (Å²) in [6.45, 7) is 4.02. The van der Waals surface area contributed by atoms with Crippen LogP contribution in [0.25, 0.3) is 0 Å². The standard InChI is InChI=1S/C13H17NO2/c1-3-13(15)16-12(10-14-2)9-11-7-5-4-6-8-11/h3-8,12,14H,1,9-10H2,2H3. The van der Waals surface area contributed by atoms with E-state index >= 15 is 0 Å². The fourth-order valence-electron chi connectivity index (χ4n) is 1.47. The minimum absolute atomic E-state index is 0.155. The number of likely N-dealkylation sites (N-methyl/N-ethyl adjacent to an activating group) is 1. The zero-order valence-electron chi connectivity index (χ0n) is 9.48. The summed E-state index contributed by atoms with van der Waals surface area (Å²) in [7, 11) is 1.83. The van der Waals surface area contributed by atoms with Crippen molar-refractivity contribution in [1.29, 1.82) is 0 Å². The van der Waals surface area contributed by atoms with E-state index in [0.29, 0.717) is 13.0 Å². The third-order valence-electron chi connectivity index (χ3n) is 2.19. The summed E-state index contributed by atoms with van der Waals surface area (Å²) in [5, 5.41) is 3.01. The molecule has 0 spiro atoms. The lowest BCUT2D eigenvalue weighted by Gasteiger charge is -2.16. The monoisotopic (exact) mass is 219 g/mol. The lowest BCUT2D eigenvalue weighted by atomic mass is 10.1. The van der Waals surface area contributed by atoms with Crippen molar-refractivity contribution in [3.63, 3.8) is 0 Å². The molecule has 1 N–H and O–H groups in total. The number of esters is 1. The lowest BCUT2D eigenvalue weighted by Crippen LogP contribution is -2.30. The normalized spacial score (nSPS) is 11.8. The first-order valence-corrected chi connectivity index (χ1v) is 5.28. The number of rotatable bonds is 6. The molecule has 0 aromatic heterocycles. The van der Waals surface area contributed by atoms with Crippen LogP contribution in [0, 0.1) is 0 Å². The first-order valence-electron chi connectivity index (χ1n) is 5.28. The number of hydrogen-bond donors (Lipinski definition) is 1. The van der Waals surface area contributed by atoms with Crippen LogP contribution in [0.3, 0.4) is 0 Å². The van der Waals surface area contributed by atoms with Gasteiger partial charge in [-0.15, -0.1) is 0 Å². The Morgan fingerprint density at radius 3 is 2.75 bits per heavy atom. The molecule has 1 rings (SSSR count). The first kappa shape index (κ1) is 12.5. The Labute approximate surface area is 96.1 Å². The maximum absolute atomic E-state index is 11.1. The largest absolute Gasteiger partial charge is 0.458 e. The maximum atomic E-state index is 11.1. The van der Waals surface area contributed by atoms with Crippen molar-refractivity contribution in [3.8, 4) is 0 Å². The van der Waals surface area contributed by atoms with Gasteiger partial charge in [-0.1, -0.05) is 36.9 Å². The molecule has 0 saturated heterocycles. The summed E-state index contributed by atoms with van der Waals surface area (Å²) < 4.78 is 5.22. The summed E-state index contributed by atoms with van der Waals surface area (Å²) in [5.41, 5.74) is 1.15. The van der Waals surface area contributed by atoms with Crippen molar-refractivity contribution < 1.29 is 9.53 Å². The van der Waals surface area contributed by atoms with E-state index in [2.05, 4.69) is 11.9 Å². The summed E-state index contributed by atoms with van der Waals surface area (Å²) in [6, 6.07) is 9.95. The van der Waals surface area contributed by atoms with Crippen LogP contribution in [0.2, 0.25) is 0 Å². The molecule has 0 bridgehead atoms. The number of carbonyl (C=O) groups is 1. The van der Waals surface area contributed by atoms with Gasteiger partial charge in [-0.05, 0) is 12.6 Å². The Hall–Kier alpha value is -1.61. The van der Waals surface area contributed by atoms with Gasteiger partial charge in [0.15, 0.2) is 0 Å². The molecule has 0 heterocycles. The molecule has 0 fully saturated rings. The van der Waals surface area contributed by atoms with E-state index in [1.54, 1.807) is 0 Å². The van der Waals surface area contributed by atoms with Crippen molar-refractivity contribution in [2.24, 2.45) is 0 Å². The molecule has 16 heavy (non-hydrogen) atoms. The van der Waals surface area contributed by atoms with Crippen LogP contribution in [0.1, 0.15) is 5.56 Å². The van der Waals surface area contributed by atoms with Gasteiger partial charge in [-0.3, -0.25) is 0 Å². The molecule has 1 aromatic carbocycles. The lowest BCUT2D eigenvalue weighted by molar-refractivity contribution is -0.142. The first-order chi connectivity index (χ1) is 7.76. The molecule has 0 amide bonds. The number of carbonyl (C=O) groups excluding carboxylic acids is 1. The second-order valence-corrected chi connectivity index (χ2v) is 3.51. The Morgan fingerprint density at radius 2 is 2.19 bits per heavy atom. The van der Waals surface area contributed by atoms with Crippen LogP contribution in [-0.2, 0) is 16.0 Å². The smallest absolute Gasteiger partial charge is 0.330 e. The number of nitrogens with one attached hydrogen (secondary N) is 1. The van der Waals surface area contributed by atoms with E-state index in [0.717, 1.165) is 5.56 Å². The van der Waals surface area contributed by atoms with Crippen LogP contribution >= 0.6 is 0 Å². The average Bonchev–Trinajstić information content (AvgIpc) is 2.30. The molecule has 3 nitrogen and oxygen atoms in total. The Bertz CT molecular complexity index is 335. The van der Waals surface area contributed by atoms with Crippen LogP contribution in [0.4, 0.5) is 0 Å². The Balaban J connectivity index is 2.57. The van der Waals surface area contributed by atoms with Crippen LogP contribution in [0.5, 0.6) is 0 Å². The second-order valence-electron chi connectivity index (χ2n) is 3.51. The van der Waals surface area contributed by atoms with E-state index in [1.807, 2.05) is 37.4 Å². The van der Waals surface area contributed by atoms with Gasteiger partial charge in [0.1, 0.15) is 6.10 Å². The molecule has 0 aliphatic rings. The summed E-state index contributed by atoms with van der Waals surface area (Å²) >= 11 is 0. The number of benzene rings is 1. The highest BCUT2D eigenvalue weighted by molar-refractivity contribution is 5.81. The molecular weight excluding hydrogens is 202 g/mol. The van der Waals surface area contributed by atoms with Crippen LogP contribution in [-0.4, -0.2) is 25.7 Å². The number of hydrogen-bond acceptors (Lipinski definition) is 3. The van der Waals surface area contributed by atoms with E-state index in [-0.39, 0.29) is 12.1 Å². The predicted molar refractivity (Wildman–Crippen MR) is 64.1 cm³/mol. The van der Waals surface area contributed by atoms with Gasteiger partial charge >= 0.3 is 5.97 Å². The molecule has 1 atom stereocenters. The zero-order valence-corrected chi connectivity index (χ0v) is 9.48. The number of ether oxygens (including phenoxy) is 1. The Morgan fingerprint density at radius 1 is 1.50 bits per heavy atom. The molecule has 0 aliphatic heterocycles. The topological polar surface area (TPSA) is 38.3 Å². The predicted octanol–water partition coefficient (Wildman–Crippen LogP) is 1.55. The molecule has 1 aromatic rings. The molecule has 0 aliphatic carbocycles. The van der Waals surface area contributed by atoms with Gasteiger partial charge in [-0.25, -0.2) is 4.79 Å². The molecule has 3 heteroatoms. The molecular formula is C13H17NO2. The quantitative estimate of drug-likeness (QED) is 0.582. The van der Waals surface area contributed by atoms with E-state index in [9.17, 15) is 4.79 Å². The minimum atomic E-state index is -0.379. The van der Waals surface area contributed by atoms with Crippen LogP contribution in [0.15, 0.2) is 43.0 Å². The SMILES string of the molecule is C=CC(=O)OC(CNC)Cc1ccccc1. The second kappa shape index (κ2) is 6.80. The van der Waals surface area contributed by atoms with Gasteiger partial charge in [-0.2, -0.15) is 0 Å². The van der Waals surface area contributed by atoms with Gasteiger partial charge in [0.25, 0.3) is 0 Å². The van der Waals surface area contributed by atoms with Gasteiger partial charge in [0.05, 0.1) is 0 Å². The summed E-state index contributed by atoms with van der Waals surface area (Å²) in [6.07, 6.45) is 1.74.